The molecule has 1 amide bonds. The van der Waals surface area contributed by atoms with Crippen LogP contribution in [-0.4, -0.2) is 27.8 Å². The highest BCUT2D eigenvalue weighted by Gasteiger charge is 2.34. The molecule has 104 valence electrons. The van der Waals surface area contributed by atoms with Crippen molar-refractivity contribution in [2.24, 2.45) is 13.0 Å². The predicted molar refractivity (Wildman–Crippen MR) is 72.3 cm³/mol. The zero-order valence-electron chi connectivity index (χ0n) is 11.4. The lowest BCUT2D eigenvalue weighted by Crippen LogP contribution is -2.39. The Bertz CT molecular complexity index is 444. The van der Waals surface area contributed by atoms with Crippen LogP contribution in [0.3, 0.4) is 0 Å². The van der Waals surface area contributed by atoms with Gasteiger partial charge in [0.25, 0.3) is 0 Å². The van der Waals surface area contributed by atoms with Crippen LogP contribution in [0.1, 0.15) is 37.7 Å². The van der Waals surface area contributed by atoms with Gasteiger partial charge in [-0.2, -0.15) is 5.10 Å². The van der Waals surface area contributed by atoms with Gasteiger partial charge < -0.3 is 10.6 Å². The standard InChI is InChI=1S/C14H22N4O/c1-18-9-11(8-16-18)7-15-14(19)6-10-4-12-2-3-13(5-10)17-12/h8-10,12-13,17H,2-7H2,1H3,(H,15,19). The summed E-state index contributed by atoms with van der Waals surface area (Å²) in [7, 11) is 1.89. The summed E-state index contributed by atoms with van der Waals surface area (Å²) in [6.07, 6.45) is 9.32. The van der Waals surface area contributed by atoms with E-state index in [1.54, 1.807) is 10.9 Å². The molecule has 0 aromatic carbocycles. The number of aromatic nitrogens is 2. The maximum atomic E-state index is 12.0. The molecule has 2 aliphatic rings. The molecule has 0 saturated carbocycles. The Morgan fingerprint density at radius 2 is 2.21 bits per heavy atom. The molecule has 1 aromatic heterocycles. The summed E-state index contributed by atoms with van der Waals surface area (Å²) in [6.45, 7) is 0.588. The van der Waals surface area contributed by atoms with Gasteiger partial charge in [-0.05, 0) is 31.6 Å². The highest BCUT2D eigenvalue weighted by atomic mass is 16.1. The Morgan fingerprint density at radius 1 is 1.47 bits per heavy atom. The van der Waals surface area contributed by atoms with E-state index in [0.29, 0.717) is 31.0 Å². The fourth-order valence-electron chi connectivity index (χ4n) is 3.44. The summed E-state index contributed by atoms with van der Waals surface area (Å²) in [6, 6.07) is 1.32. The van der Waals surface area contributed by atoms with Crippen molar-refractivity contribution in [3.63, 3.8) is 0 Å². The molecular formula is C14H22N4O. The van der Waals surface area contributed by atoms with E-state index in [-0.39, 0.29) is 5.91 Å². The van der Waals surface area contributed by atoms with Crippen molar-refractivity contribution >= 4 is 5.91 Å². The molecule has 2 atom stereocenters. The summed E-state index contributed by atoms with van der Waals surface area (Å²) in [5.74, 6) is 0.739. The summed E-state index contributed by atoms with van der Waals surface area (Å²) in [5.41, 5.74) is 1.06. The molecule has 3 heterocycles. The first-order chi connectivity index (χ1) is 9.19. The van der Waals surface area contributed by atoms with Gasteiger partial charge in [-0.3, -0.25) is 9.48 Å². The number of fused-ring (bicyclic) bond motifs is 2. The largest absolute Gasteiger partial charge is 0.352 e. The number of aryl methyl sites for hydroxylation is 1. The zero-order chi connectivity index (χ0) is 13.2. The SMILES string of the molecule is Cn1cc(CNC(=O)CC2CC3CCC(C2)N3)cn1. The van der Waals surface area contributed by atoms with Crippen LogP contribution >= 0.6 is 0 Å². The van der Waals surface area contributed by atoms with Gasteiger partial charge >= 0.3 is 0 Å². The number of carbonyl (C=O) groups is 1. The molecule has 2 fully saturated rings. The number of hydrogen-bond acceptors (Lipinski definition) is 3. The van der Waals surface area contributed by atoms with E-state index in [9.17, 15) is 4.79 Å². The van der Waals surface area contributed by atoms with E-state index < -0.39 is 0 Å². The molecule has 0 spiro atoms. The van der Waals surface area contributed by atoms with Gasteiger partial charge in [-0.15, -0.1) is 0 Å². The lowest BCUT2D eigenvalue weighted by molar-refractivity contribution is -0.122. The van der Waals surface area contributed by atoms with Gasteiger partial charge in [0.15, 0.2) is 0 Å². The molecular weight excluding hydrogens is 240 g/mol. The molecule has 2 N–H and O–H groups in total. The number of carbonyl (C=O) groups excluding carboxylic acids is 1. The molecule has 1 aromatic rings. The second-order valence-corrected chi connectivity index (χ2v) is 5.98. The fourth-order valence-corrected chi connectivity index (χ4v) is 3.44. The van der Waals surface area contributed by atoms with Gasteiger partial charge in [0.2, 0.25) is 5.91 Å². The fraction of sp³-hybridized carbons (Fsp3) is 0.714. The summed E-state index contributed by atoms with van der Waals surface area (Å²) < 4.78 is 1.76. The summed E-state index contributed by atoms with van der Waals surface area (Å²) in [4.78, 5) is 12.0. The van der Waals surface area contributed by atoms with E-state index in [4.69, 9.17) is 0 Å². The van der Waals surface area contributed by atoms with Crippen molar-refractivity contribution in [2.75, 3.05) is 0 Å². The number of amides is 1. The van der Waals surface area contributed by atoms with Crippen molar-refractivity contribution in [1.29, 1.82) is 0 Å². The highest BCUT2D eigenvalue weighted by Crippen LogP contribution is 2.32. The van der Waals surface area contributed by atoms with Gasteiger partial charge in [0.1, 0.15) is 0 Å². The van der Waals surface area contributed by atoms with Crippen molar-refractivity contribution in [2.45, 2.75) is 50.7 Å². The van der Waals surface area contributed by atoms with Crippen LogP contribution in [-0.2, 0) is 18.4 Å². The third kappa shape index (κ3) is 3.15. The van der Waals surface area contributed by atoms with Gasteiger partial charge in [-0.1, -0.05) is 0 Å². The van der Waals surface area contributed by atoms with Gasteiger partial charge in [0, 0.05) is 43.9 Å². The maximum absolute atomic E-state index is 12.0. The van der Waals surface area contributed by atoms with Crippen LogP contribution in [0.15, 0.2) is 12.4 Å². The van der Waals surface area contributed by atoms with Crippen molar-refractivity contribution in [1.82, 2.24) is 20.4 Å². The van der Waals surface area contributed by atoms with Crippen LogP contribution in [0.25, 0.3) is 0 Å². The lowest BCUT2D eigenvalue weighted by atomic mass is 9.89. The minimum Gasteiger partial charge on any atom is -0.352 e. The maximum Gasteiger partial charge on any atom is 0.220 e. The average molecular weight is 262 g/mol. The van der Waals surface area contributed by atoms with E-state index in [2.05, 4.69) is 15.7 Å². The highest BCUT2D eigenvalue weighted by molar-refractivity contribution is 5.76. The van der Waals surface area contributed by atoms with Crippen LogP contribution < -0.4 is 10.6 Å². The third-order valence-corrected chi connectivity index (χ3v) is 4.29. The topological polar surface area (TPSA) is 59.0 Å². The minimum absolute atomic E-state index is 0.176. The van der Waals surface area contributed by atoms with E-state index >= 15 is 0 Å². The van der Waals surface area contributed by atoms with Crippen LogP contribution in [0.5, 0.6) is 0 Å². The quantitative estimate of drug-likeness (QED) is 0.849. The van der Waals surface area contributed by atoms with Crippen molar-refractivity contribution < 1.29 is 4.79 Å². The summed E-state index contributed by atoms with van der Waals surface area (Å²) in [5, 5.41) is 10.7. The van der Waals surface area contributed by atoms with Crippen LogP contribution in [0.2, 0.25) is 0 Å². The average Bonchev–Trinajstić information content (AvgIpc) is 2.93. The Hall–Kier alpha value is -1.36. The van der Waals surface area contributed by atoms with Gasteiger partial charge in [-0.25, -0.2) is 0 Å². The molecule has 2 unspecified atom stereocenters. The molecule has 2 saturated heterocycles. The molecule has 5 heteroatoms. The predicted octanol–water partition coefficient (Wildman–Crippen LogP) is 0.957. The molecule has 0 radical (unpaired) electrons. The van der Waals surface area contributed by atoms with Crippen LogP contribution in [0.4, 0.5) is 0 Å². The number of piperidine rings is 1. The number of nitrogens with one attached hydrogen (secondary N) is 2. The monoisotopic (exact) mass is 262 g/mol. The molecule has 5 nitrogen and oxygen atoms in total. The third-order valence-electron chi connectivity index (χ3n) is 4.29. The lowest BCUT2D eigenvalue weighted by Gasteiger charge is -2.28. The van der Waals surface area contributed by atoms with Crippen molar-refractivity contribution in [3.05, 3.63) is 18.0 Å². The normalized spacial score (nSPS) is 29.4. The molecule has 19 heavy (non-hydrogen) atoms. The second kappa shape index (κ2) is 5.33. The number of hydrogen-bond donors (Lipinski definition) is 2. The van der Waals surface area contributed by atoms with Gasteiger partial charge in [0.05, 0.1) is 6.20 Å². The number of nitrogens with zero attached hydrogens (tertiary/aromatic N) is 2. The molecule has 2 bridgehead atoms. The van der Waals surface area contributed by atoms with E-state index in [1.165, 1.54) is 12.8 Å². The number of rotatable bonds is 4. The smallest absolute Gasteiger partial charge is 0.220 e. The first-order valence-corrected chi connectivity index (χ1v) is 7.19. The Morgan fingerprint density at radius 3 is 2.84 bits per heavy atom. The van der Waals surface area contributed by atoms with Crippen molar-refractivity contribution in [3.8, 4) is 0 Å². The molecule has 0 aliphatic carbocycles. The first kappa shape index (κ1) is 12.7. The van der Waals surface area contributed by atoms with E-state index in [0.717, 1.165) is 18.4 Å². The van der Waals surface area contributed by atoms with Crippen LogP contribution in [0, 0.1) is 5.92 Å². The Labute approximate surface area is 113 Å². The Kier molecular flexibility index (Phi) is 3.55. The second-order valence-electron chi connectivity index (χ2n) is 5.98. The molecule has 3 rings (SSSR count). The Balaban J connectivity index is 1.44. The minimum atomic E-state index is 0.176. The first-order valence-electron chi connectivity index (χ1n) is 7.19. The van der Waals surface area contributed by atoms with E-state index in [1.807, 2.05) is 13.2 Å². The molecule has 2 aliphatic heterocycles. The zero-order valence-corrected chi connectivity index (χ0v) is 11.4. The summed E-state index contributed by atoms with van der Waals surface area (Å²) >= 11 is 0.